The van der Waals surface area contributed by atoms with Crippen molar-refractivity contribution in [2.75, 3.05) is 33.3 Å². The van der Waals surface area contributed by atoms with Crippen molar-refractivity contribution in [1.82, 2.24) is 9.80 Å². The molecule has 0 unspecified atom stereocenters. The third-order valence-electron chi connectivity index (χ3n) is 6.26. The van der Waals surface area contributed by atoms with E-state index in [1.54, 1.807) is 24.3 Å². The number of carbonyl (C=O) groups is 2. The Morgan fingerprint density at radius 1 is 0.968 bits per heavy atom. The maximum Gasteiger partial charge on any atom is 0.254 e. The second-order valence-electron chi connectivity index (χ2n) is 8.18. The number of nitrogens with zero attached hydrogens (tertiary/aromatic N) is 2. The predicted octanol–water partition coefficient (Wildman–Crippen LogP) is 3.89. The predicted molar refractivity (Wildman–Crippen MR) is 120 cm³/mol. The molecule has 1 aliphatic heterocycles. The summed E-state index contributed by atoms with van der Waals surface area (Å²) in [5.74, 6) is 0.736. The summed E-state index contributed by atoms with van der Waals surface area (Å²) in [6.07, 6.45) is 2.00. The summed E-state index contributed by atoms with van der Waals surface area (Å²) in [4.78, 5) is 29.4. The molecule has 162 valence electrons. The number of ether oxygens (including phenoxy) is 1. The number of furan rings is 1. The number of fused-ring (bicyclic) bond motifs is 1. The molecule has 6 heteroatoms. The van der Waals surface area contributed by atoms with Gasteiger partial charge in [0, 0.05) is 42.7 Å². The lowest BCUT2D eigenvalue weighted by Crippen LogP contribution is -2.51. The zero-order chi connectivity index (χ0) is 22.1. The van der Waals surface area contributed by atoms with Gasteiger partial charge in [0.05, 0.1) is 19.8 Å². The SMILES string of the molecule is COc1cc(C(=O)N2CCN(C(=O)Cc3coc4c(C)c(C)ccc34)CC2)ccc1C. The maximum absolute atomic E-state index is 12.9. The van der Waals surface area contributed by atoms with Crippen LogP contribution in [0.2, 0.25) is 0 Å². The number of hydrogen-bond donors (Lipinski definition) is 0. The summed E-state index contributed by atoms with van der Waals surface area (Å²) >= 11 is 0. The number of rotatable bonds is 4. The van der Waals surface area contributed by atoms with Crippen LogP contribution in [0.5, 0.6) is 5.75 Å². The van der Waals surface area contributed by atoms with Gasteiger partial charge in [-0.3, -0.25) is 9.59 Å². The molecule has 0 radical (unpaired) electrons. The van der Waals surface area contributed by atoms with Crippen LogP contribution in [0.15, 0.2) is 41.0 Å². The standard InChI is InChI=1S/C25H28N2O4/c1-16-6-8-21-20(15-31-24(21)18(16)3)14-23(28)26-9-11-27(12-10-26)25(29)19-7-5-17(2)22(13-19)30-4/h5-8,13,15H,9-12,14H2,1-4H3. The van der Waals surface area contributed by atoms with E-state index in [-0.39, 0.29) is 11.8 Å². The van der Waals surface area contributed by atoms with Crippen LogP contribution >= 0.6 is 0 Å². The number of carbonyl (C=O) groups excluding carboxylic acids is 2. The minimum Gasteiger partial charge on any atom is -0.496 e. The number of methoxy groups -OCH3 is 1. The first-order valence-corrected chi connectivity index (χ1v) is 10.6. The van der Waals surface area contributed by atoms with E-state index in [0.717, 1.165) is 27.7 Å². The molecule has 0 atom stereocenters. The van der Waals surface area contributed by atoms with E-state index in [0.29, 0.717) is 43.9 Å². The van der Waals surface area contributed by atoms with Gasteiger partial charge >= 0.3 is 0 Å². The van der Waals surface area contributed by atoms with Crippen LogP contribution in [0.25, 0.3) is 11.0 Å². The largest absolute Gasteiger partial charge is 0.496 e. The molecule has 0 spiro atoms. The molecule has 0 bridgehead atoms. The molecule has 0 N–H and O–H groups in total. The van der Waals surface area contributed by atoms with Gasteiger partial charge in [-0.05, 0) is 49.6 Å². The Morgan fingerprint density at radius 2 is 1.65 bits per heavy atom. The van der Waals surface area contributed by atoms with Crippen molar-refractivity contribution >= 4 is 22.8 Å². The lowest BCUT2D eigenvalue weighted by molar-refractivity contribution is -0.131. The number of benzene rings is 2. The Hall–Kier alpha value is -3.28. The highest BCUT2D eigenvalue weighted by molar-refractivity contribution is 5.95. The van der Waals surface area contributed by atoms with E-state index >= 15 is 0 Å². The normalized spacial score (nSPS) is 14.2. The van der Waals surface area contributed by atoms with Crippen LogP contribution in [0.1, 0.15) is 32.6 Å². The fourth-order valence-corrected chi connectivity index (χ4v) is 4.09. The number of piperazine rings is 1. The third kappa shape index (κ3) is 4.02. The van der Waals surface area contributed by atoms with Crippen LogP contribution < -0.4 is 4.74 Å². The topological polar surface area (TPSA) is 63.0 Å². The Morgan fingerprint density at radius 3 is 2.35 bits per heavy atom. The summed E-state index contributed by atoms with van der Waals surface area (Å²) in [6, 6.07) is 9.58. The fraction of sp³-hybridized carbons (Fsp3) is 0.360. The van der Waals surface area contributed by atoms with Crippen LogP contribution in [-0.2, 0) is 11.2 Å². The summed E-state index contributed by atoms with van der Waals surface area (Å²) < 4.78 is 11.1. The molecule has 6 nitrogen and oxygen atoms in total. The average molecular weight is 421 g/mol. The first-order valence-electron chi connectivity index (χ1n) is 10.6. The third-order valence-corrected chi connectivity index (χ3v) is 6.26. The minimum atomic E-state index is -0.0305. The van der Waals surface area contributed by atoms with Gasteiger partial charge in [-0.15, -0.1) is 0 Å². The van der Waals surface area contributed by atoms with Crippen molar-refractivity contribution < 1.29 is 18.7 Å². The summed E-state index contributed by atoms with van der Waals surface area (Å²) in [6.45, 7) is 8.13. The summed E-state index contributed by atoms with van der Waals surface area (Å²) in [5.41, 5.74) is 5.65. The highest BCUT2D eigenvalue weighted by Crippen LogP contribution is 2.27. The first kappa shape index (κ1) is 21.0. The molecule has 2 aromatic carbocycles. The highest BCUT2D eigenvalue weighted by atomic mass is 16.5. The van der Waals surface area contributed by atoms with Crippen molar-refractivity contribution in [3.05, 3.63) is 64.4 Å². The summed E-state index contributed by atoms with van der Waals surface area (Å²) in [7, 11) is 1.60. The van der Waals surface area contributed by atoms with Crippen molar-refractivity contribution in [2.24, 2.45) is 0 Å². The number of amides is 2. The molecule has 31 heavy (non-hydrogen) atoms. The van der Waals surface area contributed by atoms with E-state index in [9.17, 15) is 9.59 Å². The molecule has 2 heterocycles. The molecular formula is C25H28N2O4. The van der Waals surface area contributed by atoms with Gasteiger partial charge in [0.2, 0.25) is 5.91 Å². The van der Waals surface area contributed by atoms with Gasteiger partial charge in [0.25, 0.3) is 5.91 Å². The molecule has 4 rings (SSSR count). The quantitative estimate of drug-likeness (QED) is 0.642. The van der Waals surface area contributed by atoms with Gasteiger partial charge in [0.1, 0.15) is 11.3 Å². The van der Waals surface area contributed by atoms with Crippen molar-refractivity contribution in [3.63, 3.8) is 0 Å². The summed E-state index contributed by atoms with van der Waals surface area (Å²) in [5, 5.41) is 0.999. The molecule has 1 fully saturated rings. The molecule has 0 saturated carbocycles. The number of hydrogen-bond acceptors (Lipinski definition) is 4. The zero-order valence-electron chi connectivity index (χ0n) is 18.5. The molecule has 1 aromatic heterocycles. The first-order chi connectivity index (χ1) is 14.9. The molecule has 1 saturated heterocycles. The number of aryl methyl sites for hydroxylation is 3. The van der Waals surface area contributed by atoms with Crippen molar-refractivity contribution in [3.8, 4) is 5.75 Å². The van der Waals surface area contributed by atoms with Crippen LogP contribution in [0, 0.1) is 20.8 Å². The Labute approximate surface area is 182 Å². The second-order valence-corrected chi connectivity index (χ2v) is 8.18. The van der Waals surface area contributed by atoms with E-state index in [4.69, 9.17) is 9.15 Å². The van der Waals surface area contributed by atoms with Crippen molar-refractivity contribution in [2.45, 2.75) is 27.2 Å². The minimum absolute atomic E-state index is 0.0305. The van der Waals surface area contributed by atoms with Crippen LogP contribution in [0.4, 0.5) is 0 Å². The molecule has 2 amide bonds. The molecule has 1 aliphatic rings. The van der Waals surface area contributed by atoms with E-state index in [1.165, 1.54) is 5.56 Å². The van der Waals surface area contributed by atoms with Crippen LogP contribution in [0.3, 0.4) is 0 Å². The zero-order valence-corrected chi connectivity index (χ0v) is 18.5. The smallest absolute Gasteiger partial charge is 0.254 e. The van der Waals surface area contributed by atoms with Gasteiger partial charge in [-0.1, -0.05) is 18.2 Å². The van der Waals surface area contributed by atoms with E-state index in [2.05, 4.69) is 13.0 Å². The Balaban J connectivity index is 1.39. The van der Waals surface area contributed by atoms with Gasteiger partial charge in [0.15, 0.2) is 0 Å². The lowest BCUT2D eigenvalue weighted by Gasteiger charge is -2.35. The fourth-order valence-electron chi connectivity index (χ4n) is 4.09. The van der Waals surface area contributed by atoms with Crippen molar-refractivity contribution in [1.29, 1.82) is 0 Å². The monoisotopic (exact) mass is 420 g/mol. The lowest BCUT2D eigenvalue weighted by atomic mass is 10.0. The van der Waals surface area contributed by atoms with Crippen LogP contribution in [-0.4, -0.2) is 54.9 Å². The van der Waals surface area contributed by atoms with E-state index < -0.39 is 0 Å². The van der Waals surface area contributed by atoms with Gasteiger partial charge < -0.3 is 19.0 Å². The van der Waals surface area contributed by atoms with E-state index in [1.807, 2.05) is 36.9 Å². The molecule has 0 aliphatic carbocycles. The Bertz CT molecular complexity index is 1140. The Kier molecular flexibility index (Phi) is 5.72. The molecular weight excluding hydrogens is 392 g/mol. The maximum atomic E-state index is 12.9. The van der Waals surface area contributed by atoms with Gasteiger partial charge in [-0.25, -0.2) is 0 Å². The second kappa shape index (κ2) is 8.46. The highest BCUT2D eigenvalue weighted by Gasteiger charge is 2.26. The molecule has 3 aromatic rings. The van der Waals surface area contributed by atoms with Gasteiger partial charge in [-0.2, -0.15) is 0 Å². The average Bonchev–Trinajstić information content (AvgIpc) is 3.19.